The lowest BCUT2D eigenvalue weighted by Gasteiger charge is -2.23. The molecule has 1 aromatic carbocycles. The van der Waals surface area contributed by atoms with Crippen LogP contribution in [-0.4, -0.2) is 42.8 Å². The van der Waals surface area contributed by atoms with E-state index in [0.29, 0.717) is 28.6 Å². The van der Waals surface area contributed by atoms with Gasteiger partial charge in [0.15, 0.2) is 0 Å². The first-order valence-electron chi connectivity index (χ1n) is 7.53. The second kappa shape index (κ2) is 6.74. The Bertz CT molecular complexity index is 719. The summed E-state index contributed by atoms with van der Waals surface area (Å²) in [6.45, 7) is 2.56. The zero-order valence-corrected chi connectivity index (χ0v) is 16.0. The number of carbonyl (C=O) groups excluding carboxylic acids is 1. The summed E-state index contributed by atoms with van der Waals surface area (Å²) < 4.78 is 27.7. The van der Waals surface area contributed by atoms with E-state index in [2.05, 4.69) is 21.2 Å². The van der Waals surface area contributed by atoms with E-state index >= 15 is 0 Å². The average molecular weight is 419 g/mol. The second-order valence-corrected chi connectivity index (χ2v) is 9.74. The summed E-state index contributed by atoms with van der Waals surface area (Å²) in [5.41, 5.74) is 0.977. The van der Waals surface area contributed by atoms with Crippen LogP contribution >= 0.6 is 27.7 Å². The van der Waals surface area contributed by atoms with E-state index in [1.165, 1.54) is 16.1 Å². The first-order valence-corrected chi connectivity index (χ1v) is 10.9. The minimum Gasteiger partial charge on any atom is -0.354 e. The minimum atomic E-state index is -3.70. The van der Waals surface area contributed by atoms with Crippen molar-refractivity contribution in [2.45, 2.75) is 30.7 Å². The standard InChI is InChI=1S/C15H19BrN2O3S2/c1-10-2-5-14(12(16)6-10)23(20,21)18-9-22-8-13(18)15(19)17-7-11-3-4-11/h2,5-6,11,13H,3-4,7-9H2,1H3,(H,17,19). The molecule has 1 unspecified atom stereocenters. The van der Waals surface area contributed by atoms with Crippen molar-refractivity contribution in [1.29, 1.82) is 0 Å². The third-order valence-corrected chi connectivity index (χ3v) is 8.09. The molecule has 2 aliphatic rings. The van der Waals surface area contributed by atoms with Crippen LogP contribution in [0.5, 0.6) is 0 Å². The summed E-state index contributed by atoms with van der Waals surface area (Å²) in [6.07, 6.45) is 2.30. The molecular formula is C15H19BrN2O3S2. The molecule has 1 heterocycles. The van der Waals surface area contributed by atoms with Gasteiger partial charge < -0.3 is 5.32 Å². The molecule has 3 rings (SSSR count). The number of hydrogen-bond acceptors (Lipinski definition) is 4. The van der Waals surface area contributed by atoms with Crippen LogP contribution in [0.4, 0.5) is 0 Å². The molecule has 0 aromatic heterocycles. The molecule has 2 fully saturated rings. The molecule has 1 N–H and O–H groups in total. The highest BCUT2D eigenvalue weighted by Crippen LogP contribution is 2.33. The lowest BCUT2D eigenvalue weighted by Crippen LogP contribution is -2.47. The van der Waals surface area contributed by atoms with Crippen molar-refractivity contribution in [2.75, 3.05) is 18.2 Å². The molecule has 5 nitrogen and oxygen atoms in total. The van der Waals surface area contributed by atoms with Crippen molar-refractivity contribution in [3.8, 4) is 0 Å². The molecule has 126 valence electrons. The Balaban J connectivity index is 1.81. The molecule has 1 aliphatic carbocycles. The quantitative estimate of drug-likeness (QED) is 0.796. The van der Waals surface area contributed by atoms with E-state index in [0.717, 1.165) is 18.4 Å². The summed E-state index contributed by atoms with van der Waals surface area (Å²) in [5.74, 6) is 1.20. The zero-order valence-electron chi connectivity index (χ0n) is 12.8. The monoisotopic (exact) mass is 418 g/mol. The van der Waals surface area contributed by atoms with Gasteiger partial charge in [-0.05, 0) is 59.3 Å². The van der Waals surface area contributed by atoms with E-state index in [4.69, 9.17) is 0 Å². The third kappa shape index (κ3) is 3.75. The van der Waals surface area contributed by atoms with Crippen LogP contribution in [0, 0.1) is 12.8 Å². The number of hydrogen-bond donors (Lipinski definition) is 1. The maximum absolute atomic E-state index is 12.9. The summed E-state index contributed by atoms with van der Waals surface area (Å²) >= 11 is 4.80. The van der Waals surface area contributed by atoms with Gasteiger partial charge in [-0.3, -0.25) is 4.79 Å². The van der Waals surface area contributed by atoms with Crippen LogP contribution in [0.15, 0.2) is 27.6 Å². The Hall–Kier alpha value is -0.570. The fourth-order valence-electron chi connectivity index (χ4n) is 2.50. The summed E-state index contributed by atoms with van der Waals surface area (Å²) in [4.78, 5) is 12.6. The smallest absolute Gasteiger partial charge is 0.245 e. The van der Waals surface area contributed by atoms with Gasteiger partial charge in [-0.1, -0.05) is 6.07 Å². The number of aryl methyl sites for hydroxylation is 1. The number of benzene rings is 1. The van der Waals surface area contributed by atoms with Gasteiger partial charge in [-0.2, -0.15) is 4.31 Å². The SMILES string of the molecule is Cc1ccc(S(=O)(=O)N2CSCC2C(=O)NCC2CC2)c(Br)c1. The highest BCUT2D eigenvalue weighted by atomic mass is 79.9. The number of halogens is 1. The van der Waals surface area contributed by atoms with Gasteiger partial charge in [-0.15, -0.1) is 11.8 Å². The van der Waals surface area contributed by atoms with Crippen molar-refractivity contribution < 1.29 is 13.2 Å². The zero-order chi connectivity index (χ0) is 16.6. The van der Waals surface area contributed by atoms with Gasteiger partial charge in [0.05, 0.1) is 10.8 Å². The Kier molecular flexibility index (Phi) is 5.06. The Morgan fingerprint density at radius 3 is 2.83 bits per heavy atom. The number of rotatable bonds is 5. The Morgan fingerprint density at radius 1 is 1.43 bits per heavy atom. The van der Waals surface area contributed by atoms with Crippen LogP contribution in [0.1, 0.15) is 18.4 Å². The molecule has 1 atom stereocenters. The number of thioether (sulfide) groups is 1. The molecule has 1 aromatic rings. The van der Waals surface area contributed by atoms with Crippen LogP contribution in [-0.2, 0) is 14.8 Å². The number of amides is 1. The van der Waals surface area contributed by atoms with E-state index < -0.39 is 16.1 Å². The minimum absolute atomic E-state index is 0.186. The molecule has 0 spiro atoms. The topological polar surface area (TPSA) is 66.5 Å². The largest absolute Gasteiger partial charge is 0.354 e. The first kappa shape index (κ1) is 17.3. The molecule has 0 radical (unpaired) electrons. The van der Waals surface area contributed by atoms with Crippen molar-refractivity contribution in [3.05, 3.63) is 28.2 Å². The molecular weight excluding hydrogens is 400 g/mol. The maximum atomic E-state index is 12.9. The van der Waals surface area contributed by atoms with Gasteiger partial charge in [0.25, 0.3) is 0 Å². The first-order chi connectivity index (χ1) is 10.9. The highest BCUT2D eigenvalue weighted by Gasteiger charge is 2.41. The third-order valence-electron chi connectivity index (χ3n) is 4.08. The lowest BCUT2D eigenvalue weighted by molar-refractivity contribution is -0.123. The van der Waals surface area contributed by atoms with Gasteiger partial charge in [0, 0.05) is 16.8 Å². The number of carbonyl (C=O) groups is 1. The average Bonchev–Trinajstić information content (AvgIpc) is 3.17. The molecule has 1 aliphatic heterocycles. The molecule has 0 bridgehead atoms. The normalized spacial score (nSPS) is 22.3. The van der Waals surface area contributed by atoms with Crippen molar-refractivity contribution in [3.63, 3.8) is 0 Å². The summed E-state index contributed by atoms with van der Waals surface area (Å²) in [7, 11) is -3.70. The lowest BCUT2D eigenvalue weighted by atomic mass is 10.2. The highest BCUT2D eigenvalue weighted by molar-refractivity contribution is 9.10. The van der Waals surface area contributed by atoms with Crippen molar-refractivity contribution in [2.24, 2.45) is 5.92 Å². The Morgan fingerprint density at radius 2 is 2.17 bits per heavy atom. The van der Waals surface area contributed by atoms with Gasteiger partial charge >= 0.3 is 0 Å². The molecule has 1 saturated heterocycles. The molecule has 1 saturated carbocycles. The molecule has 23 heavy (non-hydrogen) atoms. The predicted molar refractivity (Wildman–Crippen MR) is 94.8 cm³/mol. The van der Waals surface area contributed by atoms with E-state index in [1.807, 2.05) is 6.92 Å². The van der Waals surface area contributed by atoms with E-state index in [1.54, 1.807) is 18.2 Å². The summed E-state index contributed by atoms with van der Waals surface area (Å²) in [6, 6.07) is 4.51. The number of sulfonamides is 1. The van der Waals surface area contributed by atoms with Gasteiger partial charge in [-0.25, -0.2) is 8.42 Å². The maximum Gasteiger partial charge on any atom is 0.245 e. The van der Waals surface area contributed by atoms with Crippen molar-refractivity contribution in [1.82, 2.24) is 9.62 Å². The van der Waals surface area contributed by atoms with Crippen LogP contribution < -0.4 is 5.32 Å². The van der Waals surface area contributed by atoms with E-state index in [9.17, 15) is 13.2 Å². The number of nitrogens with zero attached hydrogens (tertiary/aromatic N) is 1. The van der Waals surface area contributed by atoms with Crippen LogP contribution in [0.2, 0.25) is 0 Å². The van der Waals surface area contributed by atoms with Crippen LogP contribution in [0.3, 0.4) is 0 Å². The predicted octanol–water partition coefficient (Wildman–Crippen LogP) is 2.35. The van der Waals surface area contributed by atoms with Gasteiger partial charge in [0.1, 0.15) is 6.04 Å². The molecule has 8 heteroatoms. The fraction of sp³-hybridized carbons (Fsp3) is 0.533. The fourth-order valence-corrected chi connectivity index (χ4v) is 6.80. The van der Waals surface area contributed by atoms with Crippen LogP contribution in [0.25, 0.3) is 0 Å². The summed E-state index contributed by atoms with van der Waals surface area (Å²) in [5, 5.41) is 2.89. The van der Waals surface area contributed by atoms with Gasteiger partial charge in [0.2, 0.25) is 15.9 Å². The van der Waals surface area contributed by atoms with Crippen molar-refractivity contribution >= 4 is 43.6 Å². The number of nitrogens with one attached hydrogen (secondary N) is 1. The molecule has 1 amide bonds. The second-order valence-electron chi connectivity index (χ2n) is 6.03. The van der Waals surface area contributed by atoms with E-state index in [-0.39, 0.29) is 10.8 Å². The Labute approximate surface area is 149 Å².